The summed E-state index contributed by atoms with van der Waals surface area (Å²) in [6.45, 7) is 2.44. The van der Waals surface area contributed by atoms with Crippen LogP contribution < -0.4 is 10.1 Å². The molecule has 0 atom stereocenters. The highest BCUT2D eigenvalue weighted by atomic mass is 32.1. The van der Waals surface area contributed by atoms with Gasteiger partial charge in [0.05, 0.1) is 12.8 Å². The molecule has 0 aliphatic rings. The number of benzene rings is 1. The van der Waals surface area contributed by atoms with Crippen molar-refractivity contribution in [1.82, 2.24) is 15.3 Å². The van der Waals surface area contributed by atoms with E-state index >= 15 is 0 Å². The summed E-state index contributed by atoms with van der Waals surface area (Å²) in [5.41, 5.74) is 2.87. The summed E-state index contributed by atoms with van der Waals surface area (Å²) in [6.07, 6.45) is 4.21. The van der Waals surface area contributed by atoms with Gasteiger partial charge < -0.3 is 10.1 Å². The van der Waals surface area contributed by atoms with Crippen molar-refractivity contribution in [3.05, 3.63) is 64.9 Å². The Hall–Kier alpha value is -2.73. The topological polar surface area (TPSA) is 64.1 Å². The van der Waals surface area contributed by atoms with Gasteiger partial charge in [-0.2, -0.15) is 0 Å². The third-order valence-electron chi connectivity index (χ3n) is 3.79. The molecule has 2 aromatic heterocycles. The number of pyridine rings is 1. The second-order valence-corrected chi connectivity index (χ2v) is 6.52. The van der Waals surface area contributed by atoms with Gasteiger partial charge in [-0.25, -0.2) is 4.98 Å². The zero-order chi connectivity index (χ0) is 17.6. The average molecular weight is 353 g/mol. The normalized spacial score (nSPS) is 10.5. The van der Waals surface area contributed by atoms with Crippen molar-refractivity contribution >= 4 is 17.2 Å². The van der Waals surface area contributed by atoms with Crippen molar-refractivity contribution in [2.45, 2.75) is 13.3 Å². The molecule has 0 unspecified atom stereocenters. The Balaban J connectivity index is 1.60. The average Bonchev–Trinajstić information content (AvgIpc) is 3.05. The Bertz CT molecular complexity index is 845. The van der Waals surface area contributed by atoms with E-state index < -0.39 is 0 Å². The van der Waals surface area contributed by atoms with E-state index in [4.69, 9.17) is 4.74 Å². The summed E-state index contributed by atoms with van der Waals surface area (Å²) in [4.78, 5) is 21.6. The van der Waals surface area contributed by atoms with Gasteiger partial charge in [0, 0.05) is 24.5 Å². The number of aromatic nitrogens is 2. The number of aryl methyl sites for hydroxylation is 1. The summed E-state index contributed by atoms with van der Waals surface area (Å²) >= 11 is 1.40. The summed E-state index contributed by atoms with van der Waals surface area (Å²) in [5, 5.41) is 3.80. The molecule has 1 N–H and O–H groups in total. The quantitative estimate of drug-likeness (QED) is 0.737. The molecule has 0 radical (unpaired) electrons. The van der Waals surface area contributed by atoms with Crippen LogP contribution in [0, 0.1) is 6.92 Å². The highest BCUT2D eigenvalue weighted by Crippen LogP contribution is 2.27. The van der Waals surface area contributed by atoms with E-state index in [9.17, 15) is 4.79 Å². The number of nitrogens with zero attached hydrogens (tertiary/aromatic N) is 2. The van der Waals surface area contributed by atoms with Crippen LogP contribution in [0.4, 0.5) is 0 Å². The Kier molecular flexibility index (Phi) is 5.40. The predicted octanol–water partition coefficient (Wildman–Crippen LogP) is 3.49. The standard InChI is InChI=1S/C19H19N3O2S/c1-13-17(25-19(22-13)15-8-10-20-11-9-15)18(23)21-12-7-14-3-5-16(24-2)6-4-14/h3-6,8-11H,7,12H2,1-2H3,(H,21,23). The highest BCUT2D eigenvalue weighted by molar-refractivity contribution is 7.17. The van der Waals surface area contributed by atoms with Crippen LogP contribution in [-0.4, -0.2) is 29.5 Å². The molecule has 2 heterocycles. The zero-order valence-corrected chi connectivity index (χ0v) is 15.0. The molecule has 1 amide bonds. The number of rotatable bonds is 6. The fourth-order valence-electron chi connectivity index (χ4n) is 2.42. The van der Waals surface area contributed by atoms with Gasteiger partial charge in [0.15, 0.2) is 0 Å². The molecule has 0 spiro atoms. The Morgan fingerprint density at radius 2 is 1.88 bits per heavy atom. The molecule has 3 rings (SSSR count). The molecule has 0 saturated carbocycles. The van der Waals surface area contributed by atoms with Crippen LogP contribution >= 0.6 is 11.3 Å². The third-order valence-corrected chi connectivity index (χ3v) is 4.99. The molecule has 3 aromatic rings. The lowest BCUT2D eigenvalue weighted by atomic mass is 10.1. The van der Waals surface area contributed by atoms with Crippen LogP contribution in [0.25, 0.3) is 10.6 Å². The van der Waals surface area contributed by atoms with Gasteiger partial charge in [-0.3, -0.25) is 9.78 Å². The number of carbonyl (C=O) groups is 1. The molecule has 6 heteroatoms. The van der Waals surface area contributed by atoms with E-state index in [1.165, 1.54) is 11.3 Å². The summed E-state index contributed by atoms with van der Waals surface area (Å²) < 4.78 is 5.14. The number of nitrogens with one attached hydrogen (secondary N) is 1. The number of ether oxygens (including phenoxy) is 1. The highest BCUT2D eigenvalue weighted by Gasteiger charge is 2.15. The smallest absolute Gasteiger partial charge is 0.263 e. The van der Waals surface area contributed by atoms with E-state index in [2.05, 4.69) is 15.3 Å². The number of amides is 1. The first-order valence-electron chi connectivity index (χ1n) is 7.96. The van der Waals surface area contributed by atoms with E-state index in [1.807, 2.05) is 43.3 Å². The van der Waals surface area contributed by atoms with Gasteiger partial charge >= 0.3 is 0 Å². The van der Waals surface area contributed by atoms with Gasteiger partial charge in [-0.1, -0.05) is 12.1 Å². The van der Waals surface area contributed by atoms with Crippen molar-refractivity contribution in [2.24, 2.45) is 0 Å². The van der Waals surface area contributed by atoms with Gasteiger partial charge in [-0.05, 0) is 43.2 Å². The van der Waals surface area contributed by atoms with E-state index in [1.54, 1.807) is 19.5 Å². The minimum absolute atomic E-state index is 0.0798. The lowest BCUT2D eigenvalue weighted by Gasteiger charge is -2.05. The van der Waals surface area contributed by atoms with Crippen LogP contribution in [0.2, 0.25) is 0 Å². The monoisotopic (exact) mass is 353 g/mol. The van der Waals surface area contributed by atoms with Crippen LogP contribution in [0.3, 0.4) is 0 Å². The van der Waals surface area contributed by atoms with Crippen LogP contribution in [0.1, 0.15) is 20.9 Å². The second-order valence-electron chi connectivity index (χ2n) is 5.52. The molecule has 128 valence electrons. The van der Waals surface area contributed by atoms with Gasteiger partial charge in [0.1, 0.15) is 15.6 Å². The van der Waals surface area contributed by atoms with E-state index in [0.717, 1.165) is 34.0 Å². The molecule has 0 fully saturated rings. The predicted molar refractivity (Wildman–Crippen MR) is 99.1 cm³/mol. The van der Waals surface area contributed by atoms with Crippen LogP contribution in [0.15, 0.2) is 48.8 Å². The largest absolute Gasteiger partial charge is 0.497 e. The molecule has 25 heavy (non-hydrogen) atoms. The van der Waals surface area contributed by atoms with Crippen molar-refractivity contribution in [1.29, 1.82) is 0 Å². The molecule has 0 saturated heterocycles. The number of thiazole rings is 1. The van der Waals surface area contributed by atoms with Crippen molar-refractivity contribution in [3.8, 4) is 16.3 Å². The first kappa shape index (κ1) is 17.1. The fourth-order valence-corrected chi connectivity index (χ4v) is 3.41. The Morgan fingerprint density at radius 1 is 1.16 bits per heavy atom. The van der Waals surface area contributed by atoms with E-state index in [-0.39, 0.29) is 5.91 Å². The summed E-state index contributed by atoms with van der Waals surface area (Å²) in [5.74, 6) is 0.750. The second kappa shape index (κ2) is 7.90. The zero-order valence-electron chi connectivity index (χ0n) is 14.2. The number of hydrogen-bond donors (Lipinski definition) is 1. The van der Waals surface area contributed by atoms with Crippen molar-refractivity contribution < 1.29 is 9.53 Å². The van der Waals surface area contributed by atoms with Crippen molar-refractivity contribution in [2.75, 3.05) is 13.7 Å². The van der Waals surface area contributed by atoms with Gasteiger partial charge in [0.25, 0.3) is 5.91 Å². The minimum atomic E-state index is -0.0798. The maximum atomic E-state index is 12.4. The molecule has 5 nitrogen and oxygen atoms in total. The molecule has 0 aliphatic carbocycles. The Morgan fingerprint density at radius 3 is 2.56 bits per heavy atom. The van der Waals surface area contributed by atoms with E-state index in [0.29, 0.717) is 11.4 Å². The molecule has 0 aliphatic heterocycles. The molecule has 0 bridgehead atoms. The van der Waals surface area contributed by atoms with Crippen molar-refractivity contribution in [3.63, 3.8) is 0 Å². The minimum Gasteiger partial charge on any atom is -0.497 e. The lowest BCUT2D eigenvalue weighted by molar-refractivity contribution is 0.0957. The maximum Gasteiger partial charge on any atom is 0.263 e. The van der Waals surface area contributed by atoms with Crippen LogP contribution in [-0.2, 0) is 6.42 Å². The number of carbonyl (C=O) groups excluding carboxylic acids is 1. The number of hydrogen-bond acceptors (Lipinski definition) is 5. The maximum absolute atomic E-state index is 12.4. The summed E-state index contributed by atoms with van der Waals surface area (Å²) in [7, 11) is 1.65. The third kappa shape index (κ3) is 4.22. The van der Waals surface area contributed by atoms with Gasteiger partial charge in [-0.15, -0.1) is 11.3 Å². The molecular formula is C19H19N3O2S. The number of methoxy groups -OCH3 is 1. The first-order chi connectivity index (χ1) is 12.2. The molecule has 1 aromatic carbocycles. The molecular weight excluding hydrogens is 334 g/mol. The fraction of sp³-hybridized carbons (Fsp3) is 0.211. The van der Waals surface area contributed by atoms with Gasteiger partial charge in [0.2, 0.25) is 0 Å². The Labute approximate surface area is 150 Å². The lowest BCUT2D eigenvalue weighted by Crippen LogP contribution is -2.25. The van der Waals surface area contributed by atoms with Crippen LogP contribution in [0.5, 0.6) is 5.75 Å². The first-order valence-corrected chi connectivity index (χ1v) is 8.78. The summed E-state index contributed by atoms with van der Waals surface area (Å²) in [6, 6.07) is 11.6. The SMILES string of the molecule is COc1ccc(CCNC(=O)c2sc(-c3ccncc3)nc2C)cc1.